The van der Waals surface area contributed by atoms with Crippen LogP contribution in [0.5, 0.6) is 0 Å². The standard InChI is InChI=1S/C16H18F3N3O4/c17-16(18,19)11-3-4-12(13(10-11)22(24)25)20-5-7-21(8-6-20)15(23)14-2-1-9-26-14/h3-4,10,14H,1-2,5-9H2/t14-/m1/s1. The molecule has 26 heavy (non-hydrogen) atoms. The minimum absolute atomic E-state index is 0.0935. The summed E-state index contributed by atoms with van der Waals surface area (Å²) in [6.07, 6.45) is -3.55. The summed E-state index contributed by atoms with van der Waals surface area (Å²) in [6.45, 7) is 1.87. The number of piperazine rings is 1. The van der Waals surface area contributed by atoms with Crippen molar-refractivity contribution in [2.75, 3.05) is 37.7 Å². The van der Waals surface area contributed by atoms with E-state index < -0.39 is 28.5 Å². The Morgan fingerprint density at radius 2 is 1.92 bits per heavy atom. The Kier molecular flexibility index (Phi) is 5.03. The second-order valence-corrected chi connectivity index (χ2v) is 6.27. The summed E-state index contributed by atoms with van der Waals surface area (Å²) >= 11 is 0. The summed E-state index contributed by atoms with van der Waals surface area (Å²) in [6, 6.07) is 2.52. The van der Waals surface area contributed by atoms with E-state index in [2.05, 4.69) is 0 Å². The van der Waals surface area contributed by atoms with Gasteiger partial charge in [0.05, 0.1) is 10.5 Å². The van der Waals surface area contributed by atoms with Gasteiger partial charge < -0.3 is 14.5 Å². The number of alkyl halides is 3. The minimum Gasteiger partial charge on any atom is -0.368 e. The van der Waals surface area contributed by atoms with Gasteiger partial charge in [0.2, 0.25) is 0 Å². The average molecular weight is 373 g/mol. The summed E-state index contributed by atoms with van der Waals surface area (Å²) in [7, 11) is 0. The maximum absolute atomic E-state index is 12.8. The van der Waals surface area contributed by atoms with Crippen molar-refractivity contribution in [2.45, 2.75) is 25.1 Å². The monoisotopic (exact) mass is 373 g/mol. The second-order valence-electron chi connectivity index (χ2n) is 6.27. The number of carbonyl (C=O) groups excluding carboxylic acids is 1. The molecule has 3 rings (SSSR count). The van der Waals surface area contributed by atoms with E-state index >= 15 is 0 Å². The lowest BCUT2D eigenvalue weighted by molar-refractivity contribution is -0.384. The van der Waals surface area contributed by atoms with Gasteiger partial charge in [-0.3, -0.25) is 14.9 Å². The molecule has 1 atom stereocenters. The van der Waals surface area contributed by atoms with E-state index in [0.717, 1.165) is 18.6 Å². The molecule has 0 bridgehead atoms. The molecule has 0 aromatic heterocycles. The van der Waals surface area contributed by atoms with Crippen molar-refractivity contribution in [1.29, 1.82) is 0 Å². The molecule has 7 nitrogen and oxygen atoms in total. The van der Waals surface area contributed by atoms with Gasteiger partial charge in [-0.05, 0) is 25.0 Å². The number of halogens is 3. The topological polar surface area (TPSA) is 75.9 Å². The third-order valence-electron chi connectivity index (χ3n) is 4.64. The van der Waals surface area contributed by atoms with Gasteiger partial charge in [-0.15, -0.1) is 0 Å². The van der Waals surface area contributed by atoms with Crippen molar-refractivity contribution in [2.24, 2.45) is 0 Å². The maximum Gasteiger partial charge on any atom is 0.416 e. The molecule has 2 aliphatic heterocycles. The molecular formula is C16H18F3N3O4. The Bertz CT molecular complexity index is 696. The van der Waals surface area contributed by atoms with Crippen molar-refractivity contribution in [1.82, 2.24) is 4.90 Å². The highest BCUT2D eigenvalue weighted by molar-refractivity contribution is 5.81. The molecule has 0 saturated carbocycles. The molecule has 1 amide bonds. The first-order valence-corrected chi connectivity index (χ1v) is 8.28. The number of benzene rings is 1. The van der Waals surface area contributed by atoms with Crippen molar-refractivity contribution >= 4 is 17.3 Å². The van der Waals surface area contributed by atoms with Gasteiger partial charge in [0.1, 0.15) is 11.8 Å². The molecule has 0 N–H and O–H groups in total. The van der Waals surface area contributed by atoms with E-state index in [4.69, 9.17) is 4.74 Å². The molecule has 1 aromatic rings. The predicted molar refractivity (Wildman–Crippen MR) is 85.9 cm³/mol. The van der Waals surface area contributed by atoms with Crippen molar-refractivity contribution in [3.8, 4) is 0 Å². The van der Waals surface area contributed by atoms with Crippen molar-refractivity contribution in [3.63, 3.8) is 0 Å². The third kappa shape index (κ3) is 3.74. The van der Waals surface area contributed by atoms with Crippen LogP contribution in [0.2, 0.25) is 0 Å². The summed E-state index contributed by atoms with van der Waals surface area (Å²) in [5.41, 5.74) is -1.51. The van der Waals surface area contributed by atoms with Crippen LogP contribution in [0, 0.1) is 10.1 Å². The summed E-state index contributed by atoms with van der Waals surface area (Å²) in [5.74, 6) is -0.0935. The molecule has 0 unspecified atom stereocenters. The molecule has 0 radical (unpaired) electrons. The summed E-state index contributed by atoms with van der Waals surface area (Å²) in [5, 5.41) is 11.2. The van der Waals surface area contributed by atoms with Gasteiger partial charge in [0.15, 0.2) is 0 Å². The van der Waals surface area contributed by atoms with Crippen LogP contribution >= 0.6 is 0 Å². The Balaban J connectivity index is 1.72. The van der Waals surface area contributed by atoms with Crippen molar-refractivity contribution < 1.29 is 27.6 Å². The number of amides is 1. The van der Waals surface area contributed by atoms with E-state index in [-0.39, 0.29) is 11.6 Å². The number of hydrogen-bond donors (Lipinski definition) is 0. The predicted octanol–water partition coefficient (Wildman–Crippen LogP) is 2.44. The summed E-state index contributed by atoms with van der Waals surface area (Å²) in [4.78, 5) is 26.0. The number of rotatable bonds is 3. The van der Waals surface area contributed by atoms with Gasteiger partial charge in [-0.2, -0.15) is 13.2 Å². The Morgan fingerprint density at radius 3 is 2.46 bits per heavy atom. The zero-order valence-corrected chi connectivity index (χ0v) is 13.9. The minimum atomic E-state index is -4.64. The van der Waals surface area contributed by atoms with Gasteiger partial charge in [0, 0.05) is 38.9 Å². The van der Waals surface area contributed by atoms with Crippen LogP contribution in [0.25, 0.3) is 0 Å². The number of nitro benzene ring substituents is 1. The molecule has 2 heterocycles. The molecule has 1 aromatic carbocycles. The zero-order chi connectivity index (χ0) is 18.9. The molecular weight excluding hydrogens is 355 g/mol. The second kappa shape index (κ2) is 7.10. The smallest absolute Gasteiger partial charge is 0.368 e. The van der Waals surface area contributed by atoms with Gasteiger partial charge in [0.25, 0.3) is 11.6 Å². The Morgan fingerprint density at radius 1 is 1.23 bits per heavy atom. The molecule has 2 fully saturated rings. The first kappa shape index (κ1) is 18.4. The van der Waals surface area contributed by atoms with Gasteiger partial charge in [-0.25, -0.2) is 0 Å². The molecule has 0 aliphatic carbocycles. The van der Waals surface area contributed by atoms with Crippen molar-refractivity contribution in [3.05, 3.63) is 33.9 Å². The molecule has 2 aliphatic rings. The number of nitro groups is 1. The van der Waals surface area contributed by atoms with E-state index in [1.54, 1.807) is 9.80 Å². The molecule has 0 spiro atoms. The van der Waals surface area contributed by atoms with Crippen LogP contribution in [0.1, 0.15) is 18.4 Å². The Hall–Kier alpha value is -2.36. The average Bonchev–Trinajstić information content (AvgIpc) is 3.14. The van der Waals surface area contributed by atoms with Crippen LogP contribution in [-0.4, -0.2) is 54.6 Å². The maximum atomic E-state index is 12.8. The van der Waals surface area contributed by atoms with E-state index in [1.807, 2.05) is 0 Å². The first-order chi connectivity index (χ1) is 12.3. The van der Waals surface area contributed by atoms with E-state index in [0.29, 0.717) is 45.3 Å². The van der Waals surface area contributed by atoms with Crippen LogP contribution < -0.4 is 4.90 Å². The quantitative estimate of drug-likeness (QED) is 0.601. The highest BCUT2D eigenvalue weighted by Gasteiger charge is 2.35. The third-order valence-corrected chi connectivity index (χ3v) is 4.64. The van der Waals surface area contributed by atoms with Crippen LogP contribution in [-0.2, 0) is 15.7 Å². The Labute approximate surface area is 147 Å². The van der Waals surface area contributed by atoms with Crippen LogP contribution in [0.3, 0.4) is 0 Å². The lowest BCUT2D eigenvalue weighted by Crippen LogP contribution is -2.51. The van der Waals surface area contributed by atoms with Gasteiger partial charge in [-0.1, -0.05) is 0 Å². The normalized spacial score (nSPS) is 21.1. The molecule has 2 saturated heterocycles. The largest absolute Gasteiger partial charge is 0.416 e. The van der Waals surface area contributed by atoms with E-state index in [9.17, 15) is 28.1 Å². The fourth-order valence-corrected chi connectivity index (χ4v) is 3.26. The summed E-state index contributed by atoms with van der Waals surface area (Å²) < 4.78 is 43.8. The number of hydrogen-bond acceptors (Lipinski definition) is 5. The zero-order valence-electron chi connectivity index (χ0n) is 13.9. The number of nitrogens with zero attached hydrogens (tertiary/aromatic N) is 3. The lowest BCUT2D eigenvalue weighted by atomic mass is 10.1. The molecule has 10 heteroatoms. The first-order valence-electron chi connectivity index (χ1n) is 8.28. The number of carbonyl (C=O) groups is 1. The van der Waals surface area contributed by atoms with E-state index in [1.165, 1.54) is 0 Å². The lowest BCUT2D eigenvalue weighted by Gasteiger charge is -2.36. The molecule has 142 valence electrons. The number of ether oxygens (including phenoxy) is 1. The highest BCUT2D eigenvalue weighted by atomic mass is 19.4. The van der Waals surface area contributed by atoms with Crippen LogP contribution in [0.15, 0.2) is 18.2 Å². The highest BCUT2D eigenvalue weighted by Crippen LogP contribution is 2.36. The number of anilines is 1. The SMILES string of the molecule is O=C([C@H]1CCCO1)N1CCN(c2ccc(C(F)(F)F)cc2[N+](=O)[O-])CC1. The van der Waals surface area contributed by atoms with Gasteiger partial charge >= 0.3 is 6.18 Å². The fourth-order valence-electron chi connectivity index (χ4n) is 3.26. The fraction of sp³-hybridized carbons (Fsp3) is 0.562. The van der Waals surface area contributed by atoms with Crippen LogP contribution in [0.4, 0.5) is 24.5 Å².